The van der Waals surface area contributed by atoms with Crippen LogP contribution in [-0.2, 0) is 0 Å². The van der Waals surface area contributed by atoms with Crippen molar-refractivity contribution < 1.29 is 4.79 Å². The van der Waals surface area contributed by atoms with Crippen molar-refractivity contribution >= 4 is 28.6 Å². The second-order valence-electron chi connectivity index (χ2n) is 7.88. The normalized spacial score (nSPS) is 15.1. The Balaban J connectivity index is 1.41. The van der Waals surface area contributed by atoms with Crippen LogP contribution in [-0.4, -0.2) is 49.0 Å². The summed E-state index contributed by atoms with van der Waals surface area (Å²) in [7, 11) is 4.32. The summed E-state index contributed by atoms with van der Waals surface area (Å²) < 4.78 is 0. The highest BCUT2D eigenvalue weighted by Gasteiger charge is 2.21. The third-order valence-electron chi connectivity index (χ3n) is 5.68. The van der Waals surface area contributed by atoms with Crippen LogP contribution in [0.1, 0.15) is 28.1 Å². The Labute approximate surface area is 176 Å². The molecule has 1 amide bonds. The number of rotatable bonds is 5. The molecule has 1 fully saturated rings. The zero-order chi connectivity index (χ0) is 20.4. The van der Waals surface area contributed by atoms with Crippen LogP contribution in [0.4, 0.5) is 11.4 Å². The van der Waals surface area contributed by atoms with E-state index in [1.807, 2.05) is 18.3 Å². The molecule has 3 heterocycles. The Morgan fingerprint density at radius 1 is 1.10 bits per heavy atom. The molecule has 29 heavy (non-hydrogen) atoms. The lowest BCUT2D eigenvalue weighted by Crippen LogP contribution is -2.41. The molecule has 152 valence electrons. The minimum atomic E-state index is -0.0909. The number of carbonyl (C=O) groups excluding carboxylic acids is 1. The molecule has 2 N–H and O–H groups in total. The first kappa shape index (κ1) is 19.7. The molecule has 0 spiro atoms. The summed E-state index contributed by atoms with van der Waals surface area (Å²) in [4.78, 5) is 23.0. The van der Waals surface area contributed by atoms with Crippen molar-refractivity contribution in [2.75, 3.05) is 37.4 Å². The predicted octanol–water partition coefficient (Wildman–Crippen LogP) is 4.83. The summed E-state index contributed by atoms with van der Waals surface area (Å²) in [6, 6.07) is 13.0. The number of nitrogens with zero attached hydrogens (tertiary/aromatic N) is 2. The Hall–Kier alpha value is -2.57. The van der Waals surface area contributed by atoms with E-state index >= 15 is 0 Å². The first-order valence-electron chi connectivity index (χ1n) is 10.1. The predicted molar refractivity (Wildman–Crippen MR) is 122 cm³/mol. The fourth-order valence-corrected chi connectivity index (χ4v) is 4.83. The number of hydrogen-bond acceptors (Lipinski definition) is 4. The number of amides is 1. The number of benzene rings is 1. The number of H-pyrrole nitrogens is 1. The van der Waals surface area contributed by atoms with Crippen molar-refractivity contribution in [2.24, 2.45) is 0 Å². The monoisotopic (exact) mass is 408 g/mol. The third-order valence-corrected chi connectivity index (χ3v) is 6.72. The van der Waals surface area contributed by atoms with Crippen LogP contribution < -0.4 is 10.2 Å². The van der Waals surface area contributed by atoms with Crippen LogP contribution in [0.2, 0.25) is 0 Å². The summed E-state index contributed by atoms with van der Waals surface area (Å²) in [5, 5.41) is 3.03. The van der Waals surface area contributed by atoms with Crippen molar-refractivity contribution in [3.05, 3.63) is 59.2 Å². The first-order valence-corrected chi connectivity index (χ1v) is 10.9. The highest BCUT2D eigenvalue weighted by atomic mass is 32.1. The van der Waals surface area contributed by atoms with E-state index in [0.717, 1.165) is 29.2 Å². The SMILES string of the molecule is Cc1ccc(-c2c[nH]cc2C(=O)Nc2ccc(N3CCC(N(C)C)CC3)cc2)s1. The average molecular weight is 409 g/mol. The van der Waals surface area contributed by atoms with Crippen LogP contribution in [0.5, 0.6) is 0 Å². The number of piperidine rings is 1. The maximum absolute atomic E-state index is 12.8. The van der Waals surface area contributed by atoms with Gasteiger partial charge in [0.05, 0.1) is 5.56 Å². The number of thiophene rings is 1. The minimum Gasteiger partial charge on any atom is -0.371 e. The lowest BCUT2D eigenvalue weighted by atomic mass is 10.0. The lowest BCUT2D eigenvalue weighted by Gasteiger charge is -2.36. The standard InChI is InChI=1S/C23H28N4OS/c1-16-4-9-22(29-16)20-14-24-15-21(20)23(28)25-17-5-7-19(8-6-17)27-12-10-18(11-13-27)26(2)3/h4-9,14-15,18,24H,10-13H2,1-3H3,(H,25,28). The highest BCUT2D eigenvalue weighted by molar-refractivity contribution is 7.15. The van der Waals surface area contributed by atoms with Gasteiger partial charge in [-0.15, -0.1) is 11.3 Å². The Morgan fingerprint density at radius 2 is 1.83 bits per heavy atom. The Morgan fingerprint density at radius 3 is 2.45 bits per heavy atom. The summed E-state index contributed by atoms with van der Waals surface area (Å²) in [5.41, 5.74) is 3.65. The van der Waals surface area contributed by atoms with Gasteiger partial charge in [-0.3, -0.25) is 4.79 Å². The molecule has 1 aliphatic rings. The number of aryl methyl sites for hydroxylation is 1. The summed E-state index contributed by atoms with van der Waals surface area (Å²) >= 11 is 1.69. The number of anilines is 2. The second kappa shape index (κ2) is 8.43. The Bertz CT molecular complexity index is 965. The van der Waals surface area contributed by atoms with Gasteiger partial charge >= 0.3 is 0 Å². The van der Waals surface area contributed by atoms with Crippen molar-refractivity contribution in [1.29, 1.82) is 0 Å². The summed E-state index contributed by atoms with van der Waals surface area (Å²) in [5.74, 6) is -0.0909. The van der Waals surface area contributed by atoms with Crippen molar-refractivity contribution in [2.45, 2.75) is 25.8 Å². The molecule has 5 nitrogen and oxygen atoms in total. The molecule has 0 aliphatic carbocycles. The van der Waals surface area contributed by atoms with Gasteiger partial charge < -0.3 is 20.1 Å². The molecular formula is C23H28N4OS. The number of carbonyl (C=O) groups is 1. The summed E-state index contributed by atoms with van der Waals surface area (Å²) in [6.07, 6.45) is 6.03. The fraction of sp³-hybridized carbons (Fsp3) is 0.348. The number of aromatic nitrogens is 1. The van der Waals surface area contributed by atoms with Gasteiger partial charge in [-0.05, 0) is 70.3 Å². The number of hydrogen-bond donors (Lipinski definition) is 2. The molecular weight excluding hydrogens is 380 g/mol. The third kappa shape index (κ3) is 4.38. The molecule has 1 aliphatic heterocycles. The highest BCUT2D eigenvalue weighted by Crippen LogP contribution is 2.31. The van der Waals surface area contributed by atoms with Crippen LogP contribution in [0.25, 0.3) is 10.4 Å². The van der Waals surface area contributed by atoms with Crippen LogP contribution in [0.3, 0.4) is 0 Å². The van der Waals surface area contributed by atoms with Crippen molar-refractivity contribution in [1.82, 2.24) is 9.88 Å². The minimum absolute atomic E-state index is 0.0909. The van der Waals surface area contributed by atoms with Gasteiger partial charge in [0, 0.05) is 58.2 Å². The largest absolute Gasteiger partial charge is 0.371 e. The molecule has 2 aromatic heterocycles. The molecule has 0 unspecified atom stereocenters. The molecule has 0 saturated carbocycles. The number of aromatic amines is 1. The van der Waals surface area contributed by atoms with Crippen molar-refractivity contribution in [3.8, 4) is 10.4 Å². The van der Waals surface area contributed by atoms with Crippen LogP contribution in [0.15, 0.2) is 48.8 Å². The molecule has 6 heteroatoms. The van der Waals surface area contributed by atoms with Crippen LogP contribution in [0, 0.1) is 6.92 Å². The summed E-state index contributed by atoms with van der Waals surface area (Å²) in [6.45, 7) is 4.22. The van der Waals surface area contributed by atoms with Gasteiger partial charge in [0.2, 0.25) is 0 Å². The molecule has 0 atom stereocenters. The van der Waals surface area contributed by atoms with Gasteiger partial charge in [0.25, 0.3) is 5.91 Å². The van der Waals surface area contributed by atoms with Gasteiger partial charge in [-0.25, -0.2) is 0 Å². The zero-order valence-corrected chi connectivity index (χ0v) is 18.1. The van der Waals surface area contributed by atoms with Crippen molar-refractivity contribution in [3.63, 3.8) is 0 Å². The van der Waals surface area contributed by atoms with Gasteiger partial charge in [0.15, 0.2) is 0 Å². The van der Waals surface area contributed by atoms with Crippen LogP contribution >= 0.6 is 11.3 Å². The molecule has 1 saturated heterocycles. The smallest absolute Gasteiger partial charge is 0.257 e. The van der Waals surface area contributed by atoms with Gasteiger partial charge in [-0.1, -0.05) is 0 Å². The molecule has 1 aromatic carbocycles. The topological polar surface area (TPSA) is 51.4 Å². The maximum atomic E-state index is 12.8. The fourth-order valence-electron chi connectivity index (χ4n) is 3.93. The quantitative estimate of drug-likeness (QED) is 0.635. The second-order valence-corrected chi connectivity index (χ2v) is 9.16. The van der Waals surface area contributed by atoms with E-state index in [-0.39, 0.29) is 5.91 Å². The molecule has 4 rings (SSSR count). The van der Waals surface area contributed by atoms with E-state index in [4.69, 9.17) is 0 Å². The van der Waals surface area contributed by atoms with E-state index in [0.29, 0.717) is 11.6 Å². The average Bonchev–Trinajstić information content (AvgIpc) is 3.37. The van der Waals surface area contributed by atoms with E-state index in [1.165, 1.54) is 23.4 Å². The van der Waals surface area contributed by atoms with E-state index < -0.39 is 0 Å². The van der Waals surface area contributed by atoms with Gasteiger partial charge in [-0.2, -0.15) is 0 Å². The lowest BCUT2D eigenvalue weighted by molar-refractivity contribution is 0.102. The molecule has 3 aromatic rings. The molecule has 0 bridgehead atoms. The number of nitrogens with one attached hydrogen (secondary N) is 2. The first-order chi connectivity index (χ1) is 14.0. The van der Waals surface area contributed by atoms with Gasteiger partial charge in [0.1, 0.15) is 0 Å². The van der Waals surface area contributed by atoms with E-state index in [9.17, 15) is 4.79 Å². The molecule has 0 radical (unpaired) electrons. The van der Waals surface area contributed by atoms with E-state index in [2.05, 4.69) is 65.4 Å². The zero-order valence-electron chi connectivity index (χ0n) is 17.2. The Kier molecular flexibility index (Phi) is 5.74. The maximum Gasteiger partial charge on any atom is 0.257 e. The van der Waals surface area contributed by atoms with E-state index in [1.54, 1.807) is 17.5 Å².